The quantitative estimate of drug-likeness (QED) is 0.788. The summed E-state index contributed by atoms with van der Waals surface area (Å²) in [7, 11) is 0. The van der Waals surface area contributed by atoms with Gasteiger partial charge in [0.2, 0.25) is 5.91 Å². The number of thiazole rings is 1. The first-order valence-electron chi connectivity index (χ1n) is 6.19. The molecule has 20 heavy (non-hydrogen) atoms. The summed E-state index contributed by atoms with van der Waals surface area (Å²) >= 11 is 9.94. The Balaban J connectivity index is 1.99. The number of amides is 1. The van der Waals surface area contributed by atoms with E-state index in [0.717, 1.165) is 20.6 Å². The highest BCUT2D eigenvalue weighted by Gasteiger charge is 2.12. The lowest BCUT2D eigenvalue weighted by Crippen LogP contribution is -2.28. The van der Waals surface area contributed by atoms with Gasteiger partial charge in [0.25, 0.3) is 0 Å². The van der Waals surface area contributed by atoms with Gasteiger partial charge in [-0.25, -0.2) is 0 Å². The Kier molecular flexibility index (Phi) is 5.12. The highest BCUT2D eigenvalue weighted by molar-refractivity contribution is 9.10. The molecule has 0 saturated carbocycles. The Bertz CT molecular complexity index is 661. The molecular weight excluding hydrogens is 356 g/mol. The molecule has 1 atom stereocenters. The molecule has 0 aliphatic heterocycles. The molecular formula is C14H15BrN2OS2. The maximum Gasteiger partial charge on any atom is 0.225 e. The highest BCUT2D eigenvalue weighted by Crippen LogP contribution is 2.18. The highest BCUT2D eigenvalue weighted by atomic mass is 79.9. The van der Waals surface area contributed by atoms with E-state index in [1.165, 1.54) is 11.3 Å². The zero-order valence-electron chi connectivity index (χ0n) is 11.2. The number of carbonyl (C=O) groups excluding carboxylic acids is 1. The van der Waals surface area contributed by atoms with Crippen molar-refractivity contribution in [3.63, 3.8) is 0 Å². The van der Waals surface area contributed by atoms with E-state index >= 15 is 0 Å². The standard InChI is InChI=1S/C14H15BrN2OS2/c1-8(10-3-5-11(15)6-4-10)16-13(18)7-12-9(2)17-14(19)20-12/h3-6,8H,7H2,1-2H3,(H,16,18)(H,17,19)/t8-/m1/s1. The molecule has 0 radical (unpaired) electrons. The Morgan fingerprint density at radius 3 is 2.65 bits per heavy atom. The van der Waals surface area contributed by atoms with Gasteiger partial charge < -0.3 is 10.3 Å². The summed E-state index contributed by atoms with van der Waals surface area (Å²) in [5.74, 6) is 0.00812. The van der Waals surface area contributed by atoms with Gasteiger partial charge in [0.05, 0.1) is 12.5 Å². The minimum Gasteiger partial charge on any atom is -0.349 e. The second-order valence-corrected chi connectivity index (χ2v) is 7.27. The van der Waals surface area contributed by atoms with Crippen LogP contribution in [0, 0.1) is 10.9 Å². The van der Waals surface area contributed by atoms with Crippen LogP contribution in [0.3, 0.4) is 0 Å². The number of aromatic nitrogens is 1. The largest absolute Gasteiger partial charge is 0.349 e. The van der Waals surface area contributed by atoms with Gasteiger partial charge in [-0.3, -0.25) is 4.79 Å². The molecule has 106 valence electrons. The van der Waals surface area contributed by atoms with E-state index in [1.807, 2.05) is 38.1 Å². The van der Waals surface area contributed by atoms with Gasteiger partial charge in [-0.15, -0.1) is 11.3 Å². The normalized spacial score (nSPS) is 12.2. The van der Waals surface area contributed by atoms with E-state index < -0.39 is 0 Å². The average molecular weight is 371 g/mol. The first kappa shape index (κ1) is 15.4. The Labute approximate surface area is 135 Å². The van der Waals surface area contributed by atoms with Crippen LogP contribution in [0.25, 0.3) is 0 Å². The number of halogens is 1. The van der Waals surface area contributed by atoms with Gasteiger partial charge in [-0.05, 0) is 43.8 Å². The van der Waals surface area contributed by atoms with Crippen molar-refractivity contribution in [3.05, 3.63) is 48.8 Å². The van der Waals surface area contributed by atoms with E-state index in [0.29, 0.717) is 10.4 Å². The predicted octanol–water partition coefficient (Wildman–Crippen LogP) is 4.30. The fraction of sp³-hybridized carbons (Fsp3) is 0.286. The topological polar surface area (TPSA) is 44.9 Å². The monoisotopic (exact) mass is 370 g/mol. The molecule has 0 aliphatic carbocycles. The van der Waals surface area contributed by atoms with Crippen molar-refractivity contribution in [1.29, 1.82) is 0 Å². The molecule has 0 fully saturated rings. The molecule has 1 aromatic carbocycles. The van der Waals surface area contributed by atoms with Crippen LogP contribution in [-0.2, 0) is 11.2 Å². The zero-order chi connectivity index (χ0) is 14.7. The van der Waals surface area contributed by atoms with Gasteiger partial charge >= 0.3 is 0 Å². The molecule has 0 bridgehead atoms. The first-order valence-corrected chi connectivity index (χ1v) is 8.21. The number of hydrogen-bond acceptors (Lipinski definition) is 3. The van der Waals surface area contributed by atoms with E-state index in [4.69, 9.17) is 12.2 Å². The lowest BCUT2D eigenvalue weighted by Gasteiger charge is -2.14. The summed E-state index contributed by atoms with van der Waals surface area (Å²) in [6.07, 6.45) is 0.366. The fourth-order valence-electron chi connectivity index (χ4n) is 1.88. The second kappa shape index (κ2) is 6.65. The van der Waals surface area contributed by atoms with Crippen LogP contribution in [0.1, 0.15) is 29.1 Å². The molecule has 6 heteroatoms. The third-order valence-electron chi connectivity index (χ3n) is 2.99. The van der Waals surface area contributed by atoms with Crippen molar-refractivity contribution in [2.24, 2.45) is 0 Å². The average Bonchev–Trinajstić information content (AvgIpc) is 2.68. The van der Waals surface area contributed by atoms with Crippen LogP contribution in [0.5, 0.6) is 0 Å². The molecule has 0 unspecified atom stereocenters. The molecule has 2 rings (SSSR count). The van der Waals surface area contributed by atoms with Gasteiger partial charge in [-0.2, -0.15) is 0 Å². The molecule has 0 saturated heterocycles. The van der Waals surface area contributed by atoms with E-state index in [2.05, 4.69) is 26.2 Å². The molecule has 2 N–H and O–H groups in total. The lowest BCUT2D eigenvalue weighted by atomic mass is 10.1. The molecule has 0 aliphatic rings. The van der Waals surface area contributed by atoms with E-state index in [9.17, 15) is 4.79 Å². The van der Waals surface area contributed by atoms with E-state index in [1.54, 1.807) is 0 Å². The predicted molar refractivity (Wildman–Crippen MR) is 88.6 cm³/mol. The van der Waals surface area contributed by atoms with Crippen molar-refractivity contribution < 1.29 is 4.79 Å². The third kappa shape index (κ3) is 4.01. The smallest absolute Gasteiger partial charge is 0.225 e. The number of rotatable bonds is 4. The molecule has 3 nitrogen and oxygen atoms in total. The molecule has 2 aromatic rings. The van der Waals surface area contributed by atoms with Gasteiger partial charge in [0, 0.05) is 15.0 Å². The SMILES string of the molecule is Cc1[nH]c(=S)sc1CC(=O)N[C@H](C)c1ccc(Br)cc1. The van der Waals surface area contributed by atoms with Crippen molar-refractivity contribution >= 4 is 45.4 Å². The fourth-order valence-corrected chi connectivity index (χ4v) is 3.43. The Hall–Kier alpha value is -0.980. The van der Waals surface area contributed by atoms with Crippen molar-refractivity contribution in [1.82, 2.24) is 10.3 Å². The summed E-state index contributed by atoms with van der Waals surface area (Å²) in [5.41, 5.74) is 2.06. The zero-order valence-corrected chi connectivity index (χ0v) is 14.4. The maximum absolute atomic E-state index is 12.1. The van der Waals surface area contributed by atoms with Crippen LogP contribution in [0.15, 0.2) is 28.7 Å². The summed E-state index contributed by atoms with van der Waals surface area (Å²) < 4.78 is 1.74. The van der Waals surface area contributed by atoms with Crippen molar-refractivity contribution in [2.45, 2.75) is 26.3 Å². The molecule has 1 heterocycles. The first-order chi connectivity index (χ1) is 9.45. The number of benzene rings is 1. The van der Waals surface area contributed by atoms with Gasteiger partial charge in [-0.1, -0.05) is 28.1 Å². The number of carbonyl (C=O) groups is 1. The summed E-state index contributed by atoms with van der Waals surface area (Å²) in [6.45, 7) is 3.92. The van der Waals surface area contributed by atoms with Crippen LogP contribution in [0.4, 0.5) is 0 Å². The summed E-state index contributed by atoms with van der Waals surface area (Å²) in [5, 5.41) is 3.01. The third-order valence-corrected chi connectivity index (χ3v) is 4.86. The number of nitrogens with one attached hydrogen (secondary N) is 2. The summed E-state index contributed by atoms with van der Waals surface area (Å²) in [6, 6.07) is 7.93. The number of H-pyrrole nitrogens is 1. The number of hydrogen-bond donors (Lipinski definition) is 2. The molecule has 1 aromatic heterocycles. The van der Waals surface area contributed by atoms with Crippen molar-refractivity contribution in [2.75, 3.05) is 0 Å². The van der Waals surface area contributed by atoms with Crippen LogP contribution in [0.2, 0.25) is 0 Å². The maximum atomic E-state index is 12.1. The number of aryl methyl sites for hydroxylation is 1. The van der Waals surface area contributed by atoms with E-state index in [-0.39, 0.29) is 11.9 Å². The number of aromatic amines is 1. The van der Waals surface area contributed by atoms with Crippen LogP contribution >= 0.6 is 39.5 Å². The summed E-state index contributed by atoms with van der Waals surface area (Å²) in [4.78, 5) is 16.1. The minimum atomic E-state index is -0.0113. The van der Waals surface area contributed by atoms with Crippen LogP contribution < -0.4 is 5.32 Å². The lowest BCUT2D eigenvalue weighted by molar-refractivity contribution is -0.121. The van der Waals surface area contributed by atoms with Crippen LogP contribution in [-0.4, -0.2) is 10.9 Å². The molecule has 0 spiro atoms. The van der Waals surface area contributed by atoms with Gasteiger partial charge in [0.1, 0.15) is 0 Å². The molecule has 1 amide bonds. The minimum absolute atomic E-state index is 0.00812. The Morgan fingerprint density at radius 1 is 1.45 bits per heavy atom. The second-order valence-electron chi connectivity index (χ2n) is 4.58. The Morgan fingerprint density at radius 2 is 2.10 bits per heavy atom. The van der Waals surface area contributed by atoms with Gasteiger partial charge in [0.15, 0.2) is 3.95 Å². The van der Waals surface area contributed by atoms with Crippen molar-refractivity contribution in [3.8, 4) is 0 Å².